The number of anilines is 1. The average Bonchev–Trinajstić information content (AvgIpc) is 3.25. The van der Waals surface area contributed by atoms with Crippen LogP contribution in [0.1, 0.15) is 50.9 Å². The first-order chi connectivity index (χ1) is 13.2. The molecule has 0 saturated heterocycles. The summed E-state index contributed by atoms with van der Waals surface area (Å²) in [5.74, 6) is 0.897. The second-order valence-electron chi connectivity index (χ2n) is 7.81. The minimum absolute atomic E-state index is 0.0370. The van der Waals surface area contributed by atoms with Crippen LogP contribution in [0.15, 0.2) is 40.1 Å². The van der Waals surface area contributed by atoms with E-state index >= 15 is 0 Å². The molecule has 28 heavy (non-hydrogen) atoms. The number of sulfonamides is 1. The van der Waals surface area contributed by atoms with Crippen molar-refractivity contribution in [1.82, 2.24) is 19.9 Å². The Hall–Kier alpha value is -2.39. The van der Waals surface area contributed by atoms with Crippen LogP contribution in [0.25, 0.3) is 5.82 Å². The molecule has 0 atom stereocenters. The highest BCUT2D eigenvalue weighted by molar-refractivity contribution is 7.92. The zero-order chi connectivity index (χ0) is 20.1. The van der Waals surface area contributed by atoms with Crippen LogP contribution < -0.4 is 4.72 Å². The molecule has 0 spiro atoms. The van der Waals surface area contributed by atoms with Gasteiger partial charge >= 0.3 is 10.0 Å². The minimum Gasteiger partial charge on any atom is -0.341 e. The molecule has 3 aromatic rings. The normalized spacial score (nSPS) is 15.0. The molecule has 10 heteroatoms. The van der Waals surface area contributed by atoms with E-state index in [9.17, 15) is 8.42 Å². The number of nitrogens with one attached hydrogen (secondary N) is 1. The van der Waals surface area contributed by atoms with E-state index in [1.165, 1.54) is 4.68 Å². The van der Waals surface area contributed by atoms with Gasteiger partial charge in [0, 0.05) is 23.6 Å². The van der Waals surface area contributed by atoms with Gasteiger partial charge in [-0.05, 0) is 25.0 Å². The highest BCUT2D eigenvalue weighted by Crippen LogP contribution is 2.44. The number of hydrogen-bond acceptors (Lipinski definition) is 6. The fourth-order valence-corrected chi connectivity index (χ4v) is 4.23. The molecule has 0 radical (unpaired) electrons. The molecule has 0 aliphatic heterocycles. The van der Waals surface area contributed by atoms with Gasteiger partial charge in [-0.1, -0.05) is 43.6 Å². The Morgan fingerprint density at radius 2 is 2.04 bits per heavy atom. The highest BCUT2D eigenvalue weighted by Gasteiger charge is 2.35. The van der Waals surface area contributed by atoms with E-state index in [2.05, 4.69) is 20.0 Å². The second kappa shape index (κ2) is 6.59. The molecule has 3 heterocycles. The molecule has 148 valence electrons. The van der Waals surface area contributed by atoms with Gasteiger partial charge in [-0.25, -0.2) is 4.98 Å². The average molecular weight is 422 g/mol. The van der Waals surface area contributed by atoms with Crippen molar-refractivity contribution in [3.63, 3.8) is 0 Å². The van der Waals surface area contributed by atoms with Crippen LogP contribution >= 0.6 is 11.6 Å². The summed E-state index contributed by atoms with van der Waals surface area (Å²) in [5.41, 5.74) is 0.914. The van der Waals surface area contributed by atoms with Crippen LogP contribution in [0, 0.1) is 0 Å². The Morgan fingerprint density at radius 1 is 1.29 bits per heavy atom. The third kappa shape index (κ3) is 3.51. The Balaban J connectivity index is 1.75. The van der Waals surface area contributed by atoms with Crippen LogP contribution in [0.3, 0.4) is 0 Å². The zero-order valence-corrected chi connectivity index (χ0v) is 17.3. The predicted molar refractivity (Wildman–Crippen MR) is 104 cm³/mol. The highest BCUT2D eigenvalue weighted by atomic mass is 35.5. The van der Waals surface area contributed by atoms with Crippen molar-refractivity contribution in [1.29, 1.82) is 0 Å². The van der Waals surface area contributed by atoms with Gasteiger partial charge in [0.15, 0.2) is 5.82 Å². The number of pyridine rings is 1. The summed E-state index contributed by atoms with van der Waals surface area (Å²) >= 11 is 6.23. The standard InChI is InChI=1S/C18H20ClN5O3S/c1-18(2,3)12-10-14(24(21-12)13-6-4-5-9-20-13)23-28(25,26)17-15(19)16(22-27-17)11-7-8-11/h4-6,9-11,23H,7-8H2,1-3H3. The largest absolute Gasteiger partial charge is 0.341 e. The van der Waals surface area contributed by atoms with Gasteiger partial charge in [-0.3, -0.25) is 4.72 Å². The number of nitrogens with zero attached hydrogens (tertiary/aromatic N) is 4. The Kier molecular flexibility index (Phi) is 4.46. The van der Waals surface area contributed by atoms with Gasteiger partial charge in [0.05, 0.1) is 5.69 Å². The number of hydrogen-bond donors (Lipinski definition) is 1. The van der Waals surface area contributed by atoms with E-state index in [-0.39, 0.29) is 27.3 Å². The topological polar surface area (TPSA) is 103 Å². The van der Waals surface area contributed by atoms with Crippen molar-refractivity contribution in [2.75, 3.05) is 4.72 Å². The van der Waals surface area contributed by atoms with Crippen molar-refractivity contribution >= 4 is 27.4 Å². The van der Waals surface area contributed by atoms with Gasteiger partial charge < -0.3 is 4.52 Å². The molecule has 4 rings (SSSR count). The van der Waals surface area contributed by atoms with Gasteiger partial charge in [-0.15, -0.1) is 0 Å². The quantitative estimate of drug-likeness (QED) is 0.670. The fourth-order valence-electron chi connectivity index (χ4n) is 2.71. The van der Waals surface area contributed by atoms with Crippen molar-refractivity contribution in [3.05, 3.63) is 46.9 Å². The summed E-state index contributed by atoms with van der Waals surface area (Å²) in [6, 6.07) is 6.99. The summed E-state index contributed by atoms with van der Waals surface area (Å²) in [6.07, 6.45) is 3.47. The Labute approximate surface area is 168 Å². The van der Waals surface area contributed by atoms with E-state index in [1.807, 2.05) is 20.8 Å². The van der Waals surface area contributed by atoms with Gasteiger partial charge in [0.1, 0.15) is 16.5 Å². The summed E-state index contributed by atoms with van der Waals surface area (Å²) in [4.78, 5) is 4.26. The van der Waals surface area contributed by atoms with E-state index in [4.69, 9.17) is 16.1 Å². The molecule has 1 saturated carbocycles. The molecule has 0 aromatic carbocycles. The lowest BCUT2D eigenvalue weighted by atomic mass is 9.92. The van der Waals surface area contributed by atoms with E-state index in [0.29, 0.717) is 17.2 Å². The van der Waals surface area contributed by atoms with Gasteiger partial charge in [0.25, 0.3) is 5.09 Å². The Bertz CT molecular complexity index is 1110. The van der Waals surface area contributed by atoms with Gasteiger partial charge in [-0.2, -0.15) is 18.2 Å². The maximum absolute atomic E-state index is 12.9. The van der Waals surface area contributed by atoms with E-state index in [1.54, 1.807) is 30.5 Å². The number of aromatic nitrogens is 4. The monoisotopic (exact) mass is 421 g/mol. The predicted octanol–water partition coefficient (Wildman–Crippen LogP) is 3.88. The summed E-state index contributed by atoms with van der Waals surface area (Å²) < 4.78 is 34.9. The molecular weight excluding hydrogens is 402 g/mol. The fraction of sp³-hybridized carbons (Fsp3) is 0.389. The van der Waals surface area contributed by atoms with Crippen molar-refractivity contribution in [2.24, 2.45) is 0 Å². The summed E-state index contributed by atoms with van der Waals surface area (Å²) in [6.45, 7) is 5.98. The first-order valence-electron chi connectivity index (χ1n) is 8.86. The zero-order valence-electron chi connectivity index (χ0n) is 15.7. The van der Waals surface area contributed by atoms with E-state index in [0.717, 1.165) is 12.8 Å². The molecule has 0 amide bonds. The lowest BCUT2D eigenvalue weighted by Crippen LogP contribution is -2.16. The molecule has 1 aliphatic carbocycles. The third-order valence-electron chi connectivity index (χ3n) is 4.42. The Morgan fingerprint density at radius 3 is 2.64 bits per heavy atom. The summed E-state index contributed by atoms with van der Waals surface area (Å²) in [7, 11) is -4.09. The lowest BCUT2D eigenvalue weighted by Gasteiger charge is -2.13. The van der Waals surface area contributed by atoms with Gasteiger partial charge in [0.2, 0.25) is 0 Å². The second-order valence-corrected chi connectivity index (χ2v) is 9.77. The molecule has 1 N–H and O–H groups in total. The lowest BCUT2D eigenvalue weighted by molar-refractivity contribution is 0.335. The van der Waals surface area contributed by atoms with Crippen LogP contribution in [0.4, 0.5) is 5.82 Å². The summed E-state index contributed by atoms with van der Waals surface area (Å²) in [5, 5.41) is 8.04. The van der Waals surface area contributed by atoms with Crippen LogP contribution in [-0.2, 0) is 15.4 Å². The molecule has 1 aliphatic rings. The van der Waals surface area contributed by atoms with Crippen molar-refractivity contribution < 1.29 is 12.9 Å². The van der Waals surface area contributed by atoms with Crippen LogP contribution in [0.5, 0.6) is 0 Å². The van der Waals surface area contributed by atoms with Crippen molar-refractivity contribution in [2.45, 2.75) is 50.0 Å². The SMILES string of the molecule is CC(C)(C)c1cc(NS(=O)(=O)c2onc(C3CC3)c2Cl)n(-c2ccccn2)n1. The molecular formula is C18H20ClN5O3S. The minimum atomic E-state index is -4.09. The van der Waals surface area contributed by atoms with Crippen LogP contribution in [-0.4, -0.2) is 28.3 Å². The molecule has 3 aromatic heterocycles. The maximum atomic E-state index is 12.9. The molecule has 0 bridgehead atoms. The number of halogens is 1. The molecule has 8 nitrogen and oxygen atoms in total. The maximum Gasteiger partial charge on any atom is 0.300 e. The smallest absolute Gasteiger partial charge is 0.300 e. The number of rotatable bonds is 5. The van der Waals surface area contributed by atoms with E-state index < -0.39 is 10.0 Å². The molecule has 0 unspecified atom stereocenters. The van der Waals surface area contributed by atoms with Crippen molar-refractivity contribution in [3.8, 4) is 5.82 Å². The molecule has 1 fully saturated rings. The third-order valence-corrected chi connectivity index (χ3v) is 6.14. The van der Waals surface area contributed by atoms with Crippen LogP contribution in [0.2, 0.25) is 5.02 Å². The first kappa shape index (κ1) is 18.9. The first-order valence-corrected chi connectivity index (χ1v) is 10.7.